The molecule has 0 unspecified atom stereocenters. The first-order valence-corrected chi connectivity index (χ1v) is 11.6. The number of nitrogens with zero attached hydrogens (tertiary/aromatic N) is 5. The molecule has 7 nitrogen and oxygen atoms in total. The molecular formula is C19H31N5O2S. The van der Waals surface area contributed by atoms with Crippen LogP contribution in [0.3, 0.4) is 0 Å². The summed E-state index contributed by atoms with van der Waals surface area (Å²) >= 11 is 0. The summed E-state index contributed by atoms with van der Waals surface area (Å²) in [6.45, 7) is 2.33. The predicted octanol–water partition coefficient (Wildman–Crippen LogP) is 2.27. The molecule has 0 aliphatic heterocycles. The number of aryl methyl sites for hydroxylation is 1. The summed E-state index contributed by atoms with van der Waals surface area (Å²) in [5.41, 5.74) is 2.19. The molecule has 1 saturated carbocycles. The second-order valence-corrected chi connectivity index (χ2v) is 9.84. The van der Waals surface area contributed by atoms with Gasteiger partial charge in [-0.05, 0) is 37.8 Å². The molecule has 3 rings (SSSR count). The fourth-order valence-corrected chi connectivity index (χ4v) is 4.75. The number of hydrogen-bond acceptors (Lipinski definition) is 5. The second-order valence-electron chi connectivity index (χ2n) is 7.93. The van der Waals surface area contributed by atoms with Crippen LogP contribution in [0.4, 0.5) is 0 Å². The van der Waals surface area contributed by atoms with Crippen molar-refractivity contribution in [1.82, 2.24) is 24.2 Å². The van der Waals surface area contributed by atoms with E-state index in [0.29, 0.717) is 12.5 Å². The maximum absolute atomic E-state index is 12.2. The maximum Gasteiger partial charge on any atom is 0.227 e. The molecule has 1 aliphatic carbocycles. The van der Waals surface area contributed by atoms with E-state index < -0.39 is 9.84 Å². The van der Waals surface area contributed by atoms with Gasteiger partial charge in [0.25, 0.3) is 0 Å². The van der Waals surface area contributed by atoms with Gasteiger partial charge in [-0.1, -0.05) is 19.3 Å². The Morgan fingerprint density at radius 2 is 1.96 bits per heavy atom. The SMILES string of the molecule is CN(CCc1cnn(C)c1)Cc1cnc(S(C)(=O)=O)n1CC1CCCCC1. The van der Waals surface area contributed by atoms with Gasteiger partial charge in [-0.3, -0.25) is 4.68 Å². The summed E-state index contributed by atoms with van der Waals surface area (Å²) in [6, 6.07) is 0. The van der Waals surface area contributed by atoms with E-state index in [1.807, 2.05) is 28.7 Å². The fraction of sp³-hybridized carbons (Fsp3) is 0.684. The smallest absolute Gasteiger partial charge is 0.227 e. The molecule has 0 spiro atoms. The number of imidazole rings is 1. The van der Waals surface area contributed by atoms with Crippen LogP contribution < -0.4 is 0 Å². The lowest BCUT2D eigenvalue weighted by Gasteiger charge is -2.25. The molecule has 8 heteroatoms. The van der Waals surface area contributed by atoms with Crippen LogP contribution in [0, 0.1) is 5.92 Å². The highest BCUT2D eigenvalue weighted by Gasteiger charge is 2.23. The zero-order valence-corrected chi connectivity index (χ0v) is 17.5. The Hall–Kier alpha value is -1.67. The van der Waals surface area contributed by atoms with E-state index in [0.717, 1.165) is 25.2 Å². The Bertz CT molecular complexity index is 849. The van der Waals surface area contributed by atoms with Crippen LogP contribution >= 0.6 is 0 Å². The Balaban J connectivity index is 1.70. The van der Waals surface area contributed by atoms with E-state index >= 15 is 0 Å². The molecule has 0 saturated heterocycles. The van der Waals surface area contributed by atoms with Crippen molar-refractivity contribution in [3.05, 3.63) is 29.8 Å². The van der Waals surface area contributed by atoms with Gasteiger partial charge < -0.3 is 9.47 Å². The number of hydrogen-bond donors (Lipinski definition) is 0. The van der Waals surface area contributed by atoms with E-state index in [9.17, 15) is 8.42 Å². The summed E-state index contributed by atoms with van der Waals surface area (Å²) in [6.07, 6.45) is 14.0. The summed E-state index contributed by atoms with van der Waals surface area (Å²) in [5, 5.41) is 4.42. The first kappa shape index (κ1) is 20.1. The van der Waals surface area contributed by atoms with Crippen LogP contribution in [0.25, 0.3) is 0 Å². The molecule has 1 fully saturated rings. The lowest BCUT2D eigenvalue weighted by molar-refractivity contribution is 0.287. The van der Waals surface area contributed by atoms with E-state index in [4.69, 9.17) is 0 Å². The normalized spacial score (nSPS) is 16.3. The Morgan fingerprint density at radius 1 is 1.22 bits per heavy atom. The zero-order chi connectivity index (χ0) is 19.4. The van der Waals surface area contributed by atoms with Crippen molar-refractivity contribution in [1.29, 1.82) is 0 Å². The van der Waals surface area contributed by atoms with E-state index in [2.05, 4.69) is 22.0 Å². The molecule has 2 aromatic rings. The lowest BCUT2D eigenvalue weighted by Crippen LogP contribution is -2.25. The predicted molar refractivity (Wildman–Crippen MR) is 105 cm³/mol. The van der Waals surface area contributed by atoms with Crippen molar-refractivity contribution in [3.8, 4) is 0 Å². The van der Waals surface area contributed by atoms with Crippen molar-refractivity contribution < 1.29 is 8.42 Å². The van der Waals surface area contributed by atoms with Gasteiger partial charge in [0, 0.05) is 39.1 Å². The molecule has 2 heterocycles. The molecule has 0 aromatic carbocycles. The summed E-state index contributed by atoms with van der Waals surface area (Å²) in [7, 11) is 0.655. The van der Waals surface area contributed by atoms with Crippen LogP contribution in [-0.4, -0.2) is 52.5 Å². The molecule has 150 valence electrons. The highest BCUT2D eigenvalue weighted by molar-refractivity contribution is 7.90. The number of aromatic nitrogens is 4. The van der Waals surface area contributed by atoms with Crippen molar-refractivity contribution >= 4 is 9.84 Å². The van der Waals surface area contributed by atoms with Gasteiger partial charge in [0.1, 0.15) is 0 Å². The fourth-order valence-electron chi connectivity index (χ4n) is 3.91. The van der Waals surface area contributed by atoms with Crippen LogP contribution in [-0.2, 0) is 36.4 Å². The third kappa shape index (κ3) is 5.42. The first-order valence-electron chi connectivity index (χ1n) is 9.73. The highest BCUT2D eigenvalue weighted by Crippen LogP contribution is 2.27. The van der Waals surface area contributed by atoms with Crippen molar-refractivity contribution in [2.75, 3.05) is 19.8 Å². The van der Waals surface area contributed by atoms with E-state index in [-0.39, 0.29) is 5.16 Å². The summed E-state index contributed by atoms with van der Waals surface area (Å²) in [5.74, 6) is 0.549. The Labute approximate surface area is 162 Å². The van der Waals surface area contributed by atoms with E-state index in [1.165, 1.54) is 43.9 Å². The molecule has 2 aromatic heterocycles. The van der Waals surface area contributed by atoms with Crippen LogP contribution in [0.2, 0.25) is 0 Å². The van der Waals surface area contributed by atoms with E-state index in [1.54, 1.807) is 6.20 Å². The third-order valence-electron chi connectivity index (χ3n) is 5.37. The average Bonchev–Trinajstić information content (AvgIpc) is 3.20. The molecule has 0 radical (unpaired) electrons. The minimum Gasteiger partial charge on any atom is -0.317 e. The van der Waals surface area contributed by atoms with Crippen LogP contribution in [0.1, 0.15) is 43.4 Å². The lowest BCUT2D eigenvalue weighted by atomic mass is 9.89. The number of rotatable bonds is 8. The van der Waals surface area contributed by atoms with Gasteiger partial charge >= 0.3 is 0 Å². The number of sulfone groups is 1. The molecule has 27 heavy (non-hydrogen) atoms. The molecule has 0 bridgehead atoms. The largest absolute Gasteiger partial charge is 0.317 e. The third-order valence-corrected chi connectivity index (χ3v) is 6.36. The molecule has 0 N–H and O–H groups in total. The minimum atomic E-state index is -3.33. The highest BCUT2D eigenvalue weighted by atomic mass is 32.2. The second kappa shape index (κ2) is 8.56. The topological polar surface area (TPSA) is 73.0 Å². The Morgan fingerprint density at radius 3 is 2.59 bits per heavy atom. The van der Waals surface area contributed by atoms with Crippen LogP contribution in [0.15, 0.2) is 23.7 Å². The molecule has 0 atom stereocenters. The van der Waals surface area contributed by atoms with Gasteiger partial charge in [-0.25, -0.2) is 13.4 Å². The zero-order valence-electron chi connectivity index (χ0n) is 16.6. The van der Waals surface area contributed by atoms with Gasteiger partial charge in [-0.2, -0.15) is 5.10 Å². The van der Waals surface area contributed by atoms with Gasteiger partial charge in [-0.15, -0.1) is 0 Å². The monoisotopic (exact) mass is 393 g/mol. The van der Waals surface area contributed by atoms with Gasteiger partial charge in [0.05, 0.1) is 18.1 Å². The summed E-state index contributed by atoms with van der Waals surface area (Å²) < 4.78 is 28.2. The Kier molecular flexibility index (Phi) is 6.37. The van der Waals surface area contributed by atoms with Gasteiger partial charge in [0.15, 0.2) is 0 Å². The first-order chi connectivity index (χ1) is 12.8. The van der Waals surface area contributed by atoms with Gasteiger partial charge in [0.2, 0.25) is 15.0 Å². The van der Waals surface area contributed by atoms with Crippen molar-refractivity contribution in [3.63, 3.8) is 0 Å². The molecule has 0 amide bonds. The summed E-state index contributed by atoms with van der Waals surface area (Å²) in [4.78, 5) is 6.48. The molecular weight excluding hydrogens is 362 g/mol. The quantitative estimate of drug-likeness (QED) is 0.688. The maximum atomic E-state index is 12.2. The molecule has 1 aliphatic rings. The standard InChI is InChI=1S/C19H31N5O2S/c1-22(10-9-17-11-21-23(2)13-17)15-18-12-20-19(27(3,25)26)24(18)14-16-7-5-4-6-8-16/h11-13,16H,4-10,14-15H2,1-3H3. The number of likely N-dealkylation sites (N-methyl/N-ethyl adjacent to an activating group) is 1. The average molecular weight is 394 g/mol. The van der Waals surface area contributed by atoms with Crippen LogP contribution in [0.5, 0.6) is 0 Å². The van der Waals surface area contributed by atoms with Crippen molar-refractivity contribution in [2.45, 2.75) is 56.8 Å². The minimum absolute atomic E-state index is 0.212. The van der Waals surface area contributed by atoms with Crippen molar-refractivity contribution in [2.24, 2.45) is 13.0 Å².